The number of halogens is 2. The smallest absolute Gasteiger partial charge is 0.319 e. The summed E-state index contributed by atoms with van der Waals surface area (Å²) in [6, 6.07) is 2.29. The van der Waals surface area contributed by atoms with E-state index in [0.717, 1.165) is 12.1 Å². The van der Waals surface area contributed by atoms with Crippen molar-refractivity contribution in [2.75, 3.05) is 5.32 Å². The Balaban J connectivity index is 2.06. The topological polar surface area (TPSA) is 67.1 Å². The first-order valence-corrected chi connectivity index (χ1v) is 6.85. The van der Waals surface area contributed by atoms with E-state index in [1.807, 2.05) is 27.7 Å². The molecule has 116 valence electrons. The van der Waals surface area contributed by atoms with E-state index in [1.165, 1.54) is 6.07 Å². The predicted molar refractivity (Wildman–Crippen MR) is 77.8 cm³/mol. The molecule has 0 radical (unpaired) electrons. The number of nitrogens with one attached hydrogen (secondary N) is 2. The van der Waals surface area contributed by atoms with Crippen LogP contribution in [0.25, 0.3) is 0 Å². The number of hydrogen-bond donors (Lipinski definition) is 3. The van der Waals surface area contributed by atoms with Gasteiger partial charge in [-0.25, -0.2) is 13.6 Å². The number of hydrogen-bond acceptors (Lipinski definition) is 2. The molecule has 1 aromatic carbocycles. The lowest BCUT2D eigenvalue weighted by Crippen LogP contribution is -2.76. The Morgan fingerprint density at radius 1 is 1.19 bits per heavy atom. The third-order valence-electron chi connectivity index (χ3n) is 4.55. The van der Waals surface area contributed by atoms with E-state index in [1.54, 1.807) is 0 Å². The van der Waals surface area contributed by atoms with Crippen molar-refractivity contribution in [3.05, 3.63) is 29.8 Å². The molecule has 0 spiro atoms. The van der Waals surface area contributed by atoms with E-state index in [0.29, 0.717) is 0 Å². The molecule has 1 aliphatic carbocycles. The van der Waals surface area contributed by atoms with Gasteiger partial charge in [-0.05, 0) is 12.1 Å². The molecular weight excluding hydrogens is 276 g/mol. The summed E-state index contributed by atoms with van der Waals surface area (Å²) in [6.45, 7) is 7.91. The molecule has 0 saturated heterocycles. The summed E-state index contributed by atoms with van der Waals surface area (Å²) in [7, 11) is 0. The normalized spacial score (nSPS) is 25.9. The third-order valence-corrected chi connectivity index (χ3v) is 4.55. The third kappa shape index (κ3) is 2.60. The van der Waals surface area contributed by atoms with Gasteiger partial charge in [0.15, 0.2) is 0 Å². The lowest BCUT2D eigenvalue weighted by Gasteiger charge is -2.62. The Hall–Kier alpha value is -1.69. The molecule has 0 aliphatic heterocycles. The van der Waals surface area contributed by atoms with Crippen molar-refractivity contribution in [2.24, 2.45) is 16.6 Å². The van der Waals surface area contributed by atoms with Crippen LogP contribution in [0.15, 0.2) is 18.2 Å². The summed E-state index contributed by atoms with van der Waals surface area (Å²) in [4.78, 5) is 12.0. The molecule has 2 rings (SSSR count). The standard InChI is InChI=1S/C15H21F2N3O/c1-14(2)11(18)15(3,4)12(14)20-13(21)19-10-6-5-8(16)7-9(10)17/h5-7,11-12H,18H2,1-4H3,(H2,19,20,21). The van der Waals surface area contributed by atoms with Crippen LogP contribution in [0.3, 0.4) is 0 Å². The zero-order valence-electron chi connectivity index (χ0n) is 12.6. The Labute approximate surface area is 123 Å². The maximum atomic E-state index is 13.5. The van der Waals surface area contributed by atoms with Crippen LogP contribution in [-0.4, -0.2) is 18.1 Å². The van der Waals surface area contributed by atoms with Gasteiger partial charge in [0.1, 0.15) is 11.6 Å². The summed E-state index contributed by atoms with van der Waals surface area (Å²) in [5, 5.41) is 5.22. The van der Waals surface area contributed by atoms with Gasteiger partial charge in [0, 0.05) is 29.0 Å². The first kappa shape index (κ1) is 15.7. The molecule has 0 aromatic heterocycles. The lowest BCUT2D eigenvalue weighted by atomic mass is 9.48. The first-order chi connectivity index (χ1) is 9.56. The van der Waals surface area contributed by atoms with Gasteiger partial charge in [0.05, 0.1) is 5.69 Å². The fourth-order valence-corrected chi connectivity index (χ4v) is 3.43. The maximum Gasteiger partial charge on any atom is 0.319 e. The van der Waals surface area contributed by atoms with Crippen molar-refractivity contribution in [1.29, 1.82) is 0 Å². The molecule has 1 aliphatic rings. The second-order valence-electron chi connectivity index (χ2n) is 6.78. The zero-order chi connectivity index (χ0) is 16.0. The fraction of sp³-hybridized carbons (Fsp3) is 0.533. The van der Waals surface area contributed by atoms with Crippen LogP contribution in [0.5, 0.6) is 0 Å². The van der Waals surface area contributed by atoms with E-state index in [9.17, 15) is 13.6 Å². The van der Waals surface area contributed by atoms with Crippen LogP contribution < -0.4 is 16.4 Å². The molecule has 1 fully saturated rings. The molecule has 4 nitrogen and oxygen atoms in total. The van der Waals surface area contributed by atoms with Crippen LogP contribution in [0, 0.1) is 22.5 Å². The molecule has 1 saturated carbocycles. The zero-order valence-corrected chi connectivity index (χ0v) is 12.6. The predicted octanol–water partition coefficient (Wildman–Crippen LogP) is 2.85. The summed E-state index contributed by atoms with van der Waals surface area (Å²) in [6.07, 6.45) is 0. The van der Waals surface area contributed by atoms with Crippen LogP contribution in [0.2, 0.25) is 0 Å². The van der Waals surface area contributed by atoms with Gasteiger partial charge in [-0.15, -0.1) is 0 Å². The number of benzene rings is 1. The molecule has 21 heavy (non-hydrogen) atoms. The number of carbonyl (C=O) groups is 1. The molecule has 0 atom stereocenters. The highest BCUT2D eigenvalue weighted by molar-refractivity contribution is 5.89. The van der Waals surface area contributed by atoms with Gasteiger partial charge in [-0.3, -0.25) is 0 Å². The minimum Gasteiger partial charge on any atom is -0.334 e. The summed E-state index contributed by atoms with van der Waals surface area (Å²) in [5.74, 6) is -1.50. The van der Waals surface area contributed by atoms with Crippen molar-refractivity contribution in [3.63, 3.8) is 0 Å². The van der Waals surface area contributed by atoms with Crippen LogP contribution >= 0.6 is 0 Å². The molecule has 4 N–H and O–H groups in total. The number of nitrogens with two attached hydrogens (primary N) is 1. The van der Waals surface area contributed by atoms with E-state index in [2.05, 4.69) is 10.6 Å². The van der Waals surface area contributed by atoms with Crippen molar-refractivity contribution in [1.82, 2.24) is 5.32 Å². The van der Waals surface area contributed by atoms with E-state index in [4.69, 9.17) is 5.73 Å². The average Bonchev–Trinajstić information content (AvgIpc) is 2.38. The molecule has 0 heterocycles. The van der Waals surface area contributed by atoms with Gasteiger partial charge in [-0.1, -0.05) is 27.7 Å². The minimum absolute atomic E-state index is 0.0437. The fourth-order valence-electron chi connectivity index (χ4n) is 3.43. The highest BCUT2D eigenvalue weighted by Gasteiger charge is 2.60. The van der Waals surface area contributed by atoms with Gasteiger partial charge in [-0.2, -0.15) is 0 Å². The van der Waals surface area contributed by atoms with Gasteiger partial charge >= 0.3 is 6.03 Å². The monoisotopic (exact) mass is 297 g/mol. The number of rotatable bonds is 2. The Morgan fingerprint density at radius 2 is 1.76 bits per heavy atom. The van der Waals surface area contributed by atoms with Gasteiger partial charge < -0.3 is 16.4 Å². The van der Waals surface area contributed by atoms with E-state index in [-0.39, 0.29) is 28.6 Å². The van der Waals surface area contributed by atoms with Crippen molar-refractivity contribution in [2.45, 2.75) is 39.8 Å². The Kier molecular flexibility index (Phi) is 3.70. The SMILES string of the molecule is CC1(C)C(N)C(C)(C)C1NC(=O)Nc1ccc(F)cc1F. The summed E-state index contributed by atoms with van der Waals surface area (Å²) in [5.41, 5.74) is 5.56. The number of urea groups is 1. The van der Waals surface area contributed by atoms with Crippen LogP contribution in [0.1, 0.15) is 27.7 Å². The summed E-state index contributed by atoms with van der Waals surface area (Å²) >= 11 is 0. The quantitative estimate of drug-likeness (QED) is 0.786. The number of amides is 2. The molecule has 0 unspecified atom stereocenters. The highest BCUT2D eigenvalue weighted by Crippen LogP contribution is 2.52. The number of carbonyl (C=O) groups excluding carboxylic acids is 1. The molecular formula is C15H21F2N3O. The molecule has 1 aromatic rings. The Bertz CT molecular complexity index is 556. The van der Waals surface area contributed by atoms with Crippen molar-refractivity contribution < 1.29 is 13.6 Å². The largest absolute Gasteiger partial charge is 0.334 e. The second-order valence-corrected chi connectivity index (χ2v) is 6.78. The van der Waals surface area contributed by atoms with E-state index < -0.39 is 17.7 Å². The van der Waals surface area contributed by atoms with Gasteiger partial charge in [0.2, 0.25) is 0 Å². The van der Waals surface area contributed by atoms with Crippen molar-refractivity contribution >= 4 is 11.7 Å². The summed E-state index contributed by atoms with van der Waals surface area (Å²) < 4.78 is 26.3. The lowest BCUT2D eigenvalue weighted by molar-refractivity contribution is -0.0638. The van der Waals surface area contributed by atoms with Crippen LogP contribution in [0.4, 0.5) is 19.3 Å². The maximum absolute atomic E-state index is 13.5. The molecule has 0 bridgehead atoms. The molecule has 2 amide bonds. The second kappa shape index (κ2) is 4.94. The minimum atomic E-state index is -0.811. The average molecular weight is 297 g/mol. The molecule has 6 heteroatoms. The first-order valence-electron chi connectivity index (χ1n) is 6.85. The highest BCUT2D eigenvalue weighted by atomic mass is 19.1. The van der Waals surface area contributed by atoms with E-state index >= 15 is 0 Å². The van der Waals surface area contributed by atoms with Crippen LogP contribution in [-0.2, 0) is 0 Å². The number of anilines is 1. The van der Waals surface area contributed by atoms with Gasteiger partial charge in [0.25, 0.3) is 0 Å². The van der Waals surface area contributed by atoms with Crippen molar-refractivity contribution in [3.8, 4) is 0 Å². The Morgan fingerprint density at radius 3 is 2.29 bits per heavy atom.